The fourth-order valence-electron chi connectivity index (χ4n) is 1.80. The molecule has 21 heavy (non-hydrogen) atoms. The molecule has 0 saturated heterocycles. The summed E-state index contributed by atoms with van der Waals surface area (Å²) in [6.45, 7) is 2.04. The largest absolute Gasteiger partial charge is 0.384 e. The van der Waals surface area contributed by atoms with Gasteiger partial charge in [-0.05, 0) is 47.0 Å². The Bertz CT molecular complexity index is 582. The van der Waals surface area contributed by atoms with Gasteiger partial charge >= 0.3 is 6.03 Å². The van der Waals surface area contributed by atoms with Gasteiger partial charge in [0.2, 0.25) is 0 Å². The summed E-state index contributed by atoms with van der Waals surface area (Å²) in [4.78, 5) is 11.7. The van der Waals surface area contributed by atoms with Crippen LogP contribution in [0.3, 0.4) is 0 Å². The Morgan fingerprint density at radius 2 is 2.00 bits per heavy atom. The van der Waals surface area contributed by atoms with Crippen molar-refractivity contribution in [3.63, 3.8) is 0 Å². The third-order valence-electron chi connectivity index (χ3n) is 3.09. The van der Waals surface area contributed by atoms with E-state index in [1.165, 1.54) is 24.3 Å². The van der Waals surface area contributed by atoms with Crippen molar-refractivity contribution in [2.45, 2.75) is 19.1 Å². The summed E-state index contributed by atoms with van der Waals surface area (Å²) in [5.41, 5.74) is 0.315. The van der Waals surface area contributed by atoms with Crippen molar-refractivity contribution in [2.75, 3.05) is 6.54 Å². The minimum Gasteiger partial charge on any atom is -0.384 e. The van der Waals surface area contributed by atoms with Crippen molar-refractivity contribution in [2.24, 2.45) is 0 Å². The summed E-state index contributed by atoms with van der Waals surface area (Å²) in [6, 6.07) is 7.13. The van der Waals surface area contributed by atoms with Gasteiger partial charge in [-0.2, -0.15) is 11.3 Å². The van der Waals surface area contributed by atoms with Crippen molar-refractivity contribution in [1.29, 1.82) is 0 Å². The number of amides is 2. The lowest BCUT2D eigenvalue weighted by Crippen LogP contribution is -2.43. The van der Waals surface area contributed by atoms with Crippen molar-refractivity contribution in [1.82, 2.24) is 10.6 Å². The molecular formula is C15H17FN2O2S. The first-order valence-corrected chi connectivity index (χ1v) is 7.43. The molecule has 1 heterocycles. The molecule has 2 rings (SSSR count). The molecule has 1 aromatic heterocycles. The van der Waals surface area contributed by atoms with Gasteiger partial charge < -0.3 is 15.7 Å². The van der Waals surface area contributed by atoms with Crippen molar-refractivity contribution in [3.8, 4) is 0 Å². The van der Waals surface area contributed by atoms with Crippen LogP contribution in [0.4, 0.5) is 9.18 Å². The molecule has 1 unspecified atom stereocenters. The lowest BCUT2D eigenvalue weighted by molar-refractivity contribution is 0.0593. The van der Waals surface area contributed by atoms with Crippen LogP contribution in [-0.2, 0) is 12.1 Å². The Labute approximate surface area is 126 Å². The standard InChI is InChI=1S/C15H17FN2O2S/c1-15(20,12-2-4-13(16)5-3-12)10-18-14(19)17-8-11-6-7-21-9-11/h2-7,9,20H,8,10H2,1H3,(H2,17,18,19). The molecule has 0 fully saturated rings. The van der Waals surface area contributed by atoms with Gasteiger partial charge in [0.1, 0.15) is 11.4 Å². The summed E-state index contributed by atoms with van der Waals surface area (Å²) in [6.07, 6.45) is 0. The number of carbonyl (C=O) groups is 1. The van der Waals surface area contributed by atoms with Crippen molar-refractivity contribution < 1.29 is 14.3 Å². The minimum absolute atomic E-state index is 0.0358. The second-order valence-corrected chi connectivity index (χ2v) is 5.73. The normalized spacial score (nSPS) is 13.5. The minimum atomic E-state index is -1.26. The Morgan fingerprint density at radius 1 is 1.29 bits per heavy atom. The van der Waals surface area contributed by atoms with Gasteiger partial charge in [-0.15, -0.1) is 0 Å². The zero-order valence-electron chi connectivity index (χ0n) is 11.6. The summed E-state index contributed by atoms with van der Waals surface area (Å²) in [5.74, 6) is -0.365. The summed E-state index contributed by atoms with van der Waals surface area (Å²) in [5, 5.41) is 19.5. The van der Waals surface area contributed by atoms with E-state index in [1.54, 1.807) is 18.3 Å². The quantitative estimate of drug-likeness (QED) is 0.795. The van der Waals surface area contributed by atoms with Gasteiger partial charge in [0.15, 0.2) is 0 Å². The van der Waals surface area contributed by atoms with Crippen molar-refractivity contribution in [3.05, 3.63) is 58.0 Å². The molecule has 0 saturated carbocycles. The first kappa shape index (κ1) is 15.5. The number of rotatable bonds is 5. The zero-order valence-corrected chi connectivity index (χ0v) is 12.4. The molecule has 112 valence electrons. The molecule has 1 aromatic carbocycles. The van der Waals surface area contributed by atoms with Crippen LogP contribution in [0, 0.1) is 5.82 Å². The summed E-state index contributed by atoms with van der Waals surface area (Å²) >= 11 is 1.56. The second kappa shape index (κ2) is 6.69. The summed E-state index contributed by atoms with van der Waals surface area (Å²) < 4.78 is 12.9. The molecule has 0 aliphatic heterocycles. The predicted molar refractivity (Wildman–Crippen MR) is 80.5 cm³/mol. The van der Waals surface area contributed by atoms with Crippen molar-refractivity contribution >= 4 is 17.4 Å². The van der Waals surface area contributed by atoms with Gasteiger partial charge in [0.05, 0.1) is 6.54 Å². The Kier molecular flexibility index (Phi) is 4.93. The number of thiophene rings is 1. The highest BCUT2D eigenvalue weighted by Crippen LogP contribution is 2.19. The van der Waals surface area contributed by atoms with Crippen LogP contribution < -0.4 is 10.6 Å². The molecule has 0 bridgehead atoms. The van der Waals surface area contributed by atoms with Gasteiger partial charge in [-0.1, -0.05) is 12.1 Å². The first-order chi connectivity index (χ1) is 9.97. The number of nitrogens with one attached hydrogen (secondary N) is 2. The second-order valence-electron chi connectivity index (χ2n) is 4.95. The van der Waals surface area contributed by atoms with Crippen LogP contribution >= 0.6 is 11.3 Å². The highest BCUT2D eigenvalue weighted by molar-refractivity contribution is 7.07. The Morgan fingerprint density at radius 3 is 2.62 bits per heavy atom. The molecular weight excluding hydrogens is 291 g/mol. The molecule has 4 nitrogen and oxygen atoms in total. The van der Waals surface area contributed by atoms with Crippen LogP contribution in [0.1, 0.15) is 18.1 Å². The number of hydrogen-bond donors (Lipinski definition) is 3. The highest BCUT2D eigenvalue weighted by atomic mass is 32.1. The lowest BCUT2D eigenvalue weighted by atomic mass is 9.96. The highest BCUT2D eigenvalue weighted by Gasteiger charge is 2.23. The molecule has 6 heteroatoms. The van der Waals surface area contributed by atoms with E-state index >= 15 is 0 Å². The maximum absolute atomic E-state index is 12.9. The van der Waals surface area contributed by atoms with Crippen LogP contribution in [0.5, 0.6) is 0 Å². The van der Waals surface area contributed by atoms with E-state index in [9.17, 15) is 14.3 Å². The van der Waals surface area contributed by atoms with Crippen LogP contribution in [0.2, 0.25) is 0 Å². The number of hydrogen-bond acceptors (Lipinski definition) is 3. The third-order valence-corrected chi connectivity index (χ3v) is 3.82. The molecule has 0 aliphatic carbocycles. The third kappa shape index (κ3) is 4.54. The van der Waals surface area contributed by atoms with E-state index in [0.29, 0.717) is 12.1 Å². The SMILES string of the molecule is CC(O)(CNC(=O)NCc1ccsc1)c1ccc(F)cc1. The average molecular weight is 308 g/mol. The Balaban J connectivity index is 1.83. The number of benzene rings is 1. The van der Waals surface area contributed by atoms with Gasteiger partial charge in [-0.3, -0.25) is 0 Å². The molecule has 0 spiro atoms. The monoisotopic (exact) mass is 308 g/mol. The first-order valence-electron chi connectivity index (χ1n) is 6.48. The molecule has 1 atom stereocenters. The van der Waals surface area contributed by atoms with E-state index in [2.05, 4.69) is 10.6 Å². The molecule has 0 aliphatic rings. The predicted octanol–water partition coefficient (Wildman–Crippen LogP) is 2.59. The number of carbonyl (C=O) groups excluding carboxylic acids is 1. The number of halogens is 1. The fourth-order valence-corrected chi connectivity index (χ4v) is 2.47. The van der Waals surface area contributed by atoms with E-state index in [4.69, 9.17) is 0 Å². The summed E-state index contributed by atoms with van der Waals surface area (Å²) in [7, 11) is 0. The van der Waals surface area contributed by atoms with Crippen LogP contribution in [-0.4, -0.2) is 17.7 Å². The smallest absolute Gasteiger partial charge is 0.315 e. The number of urea groups is 1. The zero-order chi connectivity index (χ0) is 15.3. The van der Waals surface area contributed by atoms with E-state index in [-0.39, 0.29) is 18.4 Å². The molecule has 3 N–H and O–H groups in total. The van der Waals surface area contributed by atoms with E-state index < -0.39 is 5.60 Å². The lowest BCUT2D eigenvalue weighted by Gasteiger charge is -2.24. The maximum atomic E-state index is 12.9. The molecule has 0 radical (unpaired) electrons. The topological polar surface area (TPSA) is 61.4 Å². The van der Waals surface area contributed by atoms with Crippen LogP contribution in [0.25, 0.3) is 0 Å². The van der Waals surface area contributed by atoms with E-state index in [1.807, 2.05) is 16.8 Å². The number of aliphatic hydroxyl groups is 1. The maximum Gasteiger partial charge on any atom is 0.315 e. The van der Waals surface area contributed by atoms with Gasteiger partial charge in [-0.25, -0.2) is 9.18 Å². The molecule has 2 amide bonds. The van der Waals surface area contributed by atoms with Gasteiger partial charge in [0.25, 0.3) is 0 Å². The average Bonchev–Trinajstić information content (AvgIpc) is 2.97. The van der Waals surface area contributed by atoms with E-state index in [0.717, 1.165) is 5.56 Å². The van der Waals surface area contributed by atoms with Gasteiger partial charge in [0, 0.05) is 6.54 Å². The molecule has 2 aromatic rings. The fraction of sp³-hybridized carbons (Fsp3) is 0.267. The Hall–Kier alpha value is -1.92. The van der Waals surface area contributed by atoms with Crippen LogP contribution in [0.15, 0.2) is 41.1 Å².